The van der Waals surface area contributed by atoms with Crippen molar-refractivity contribution in [2.75, 3.05) is 25.5 Å². The number of methoxy groups -OCH3 is 1. The number of carbonyl (C=O) groups excluding carboxylic acids is 2. The highest BCUT2D eigenvalue weighted by atomic mass is 16.5. The molecule has 1 aromatic heterocycles. The van der Waals surface area contributed by atoms with Crippen molar-refractivity contribution >= 4 is 35.0 Å². The number of nitrogens with zero attached hydrogens (tertiary/aromatic N) is 2. The Bertz CT molecular complexity index is 1180. The third-order valence-corrected chi connectivity index (χ3v) is 6.57. The summed E-state index contributed by atoms with van der Waals surface area (Å²) < 4.78 is 5.42. The van der Waals surface area contributed by atoms with Gasteiger partial charge in [-0.05, 0) is 56.2 Å². The molecule has 4 rings (SSSR count). The van der Waals surface area contributed by atoms with Crippen LogP contribution in [0.15, 0.2) is 41.4 Å². The van der Waals surface area contributed by atoms with Crippen molar-refractivity contribution in [1.29, 1.82) is 0 Å². The average molecular weight is 508 g/mol. The van der Waals surface area contributed by atoms with Crippen LogP contribution >= 0.6 is 0 Å². The number of benzene rings is 1. The molecule has 2 aliphatic rings. The van der Waals surface area contributed by atoms with E-state index >= 15 is 0 Å². The third kappa shape index (κ3) is 6.71. The molecule has 0 fully saturated rings. The molecule has 0 spiro atoms. The topological polar surface area (TPSA) is 142 Å². The fourth-order valence-electron chi connectivity index (χ4n) is 4.59. The molecule has 2 amide bonds. The number of aromatic nitrogens is 1. The smallest absolute Gasteiger partial charge is 0.326 e. The second-order valence-corrected chi connectivity index (χ2v) is 9.22. The summed E-state index contributed by atoms with van der Waals surface area (Å²) in [5.74, 6) is -0.957. The van der Waals surface area contributed by atoms with Crippen molar-refractivity contribution in [3.8, 4) is 0 Å². The fourth-order valence-corrected chi connectivity index (χ4v) is 4.59. The van der Waals surface area contributed by atoms with Crippen LogP contribution in [-0.4, -0.2) is 59.8 Å². The van der Waals surface area contributed by atoms with E-state index < -0.39 is 24.0 Å². The average Bonchev–Trinajstić information content (AvgIpc) is 3.29. The van der Waals surface area contributed by atoms with E-state index in [2.05, 4.69) is 38.1 Å². The number of amides is 2. The number of aryl methyl sites for hydroxylation is 2. The predicted molar refractivity (Wildman–Crippen MR) is 139 cm³/mol. The number of anilines is 1. The number of hydrogen-bond acceptors (Lipinski definition) is 7. The number of carboxylic acids is 1. The zero-order chi connectivity index (χ0) is 26.2. The quantitative estimate of drug-likeness (QED) is 0.324. The summed E-state index contributed by atoms with van der Waals surface area (Å²) in [7, 11) is 1.47. The molecule has 0 saturated carbocycles. The maximum atomic E-state index is 12.8. The van der Waals surface area contributed by atoms with E-state index in [1.165, 1.54) is 12.7 Å². The monoisotopic (exact) mass is 507 g/mol. The molecule has 0 bridgehead atoms. The Morgan fingerprint density at radius 2 is 2.03 bits per heavy atom. The maximum Gasteiger partial charge on any atom is 0.326 e. The lowest BCUT2D eigenvalue weighted by Gasteiger charge is -2.17. The van der Waals surface area contributed by atoms with Gasteiger partial charge in [0.05, 0.1) is 5.69 Å². The van der Waals surface area contributed by atoms with E-state index in [4.69, 9.17) is 4.74 Å². The normalized spacial score (nSPS) is 16.6. The van der Waals surface area contributed by atoms with Crippen LogP contribution in [0.25, 0.3) is 0 Å². The molecule has 10 heteroatoms. The first-order valence-electron chi connectivity index (χ1n) is 12.7. The lowest BCUT2D eigenvalue weighted by Crippen LogP contribution is -2.46. The molecule has 0 radical (unpaired) electrons. The summed E-state index contributed by atoms with van der Waals surface area (Å²) >= 11 is 0. The number of ether oxygens (including phenoxy) is 1. The minimum atomic E-state index is -1.18. The first kappa shape index (κ1) is 26.3. The highest BCUT2D eigenvalue weighted by Gasteiger charge is 2.33. The fraction of sp³-hybridized carbons (Fsp3) is 0.444. The van der Waals surface area contributed by atoms with Crippen molar-refractivity contribution in [1.82, 2.24) is 15.6 Å². The van der Waals surface area contributed by atoms with Crippen LogP contribution in [0.3, 0.4) is 0 Å². The number of hydrogen-bond donors (Lipinski definition) is 4. The van der Waals surface area contributed by atoms with Crippen LogP contribution in [0, 0.1) is 0 Å². The van der Waals surface area contributed by atoms with E-state index in [-0.39, 0.29) is 24.6 Å². The standard InChI is InChI=1S/C27H33N5O5/c1-37-24-19-9-3-4-10-20(19)31-23(24)26(34)32-21(27(35)36)14-16-28-22(33)11-5-2-8-18-13-12-17-7-6-15-29-25(17)30-18/h3-4,9-10,12-13,21,24H,2,5-8,11,14-16H2,1H3,(H,28,33)(H,29,30)(H,32,34)(H,35,36)/t21-,24?/m0/s1. The predicted octanol–water partition coefficient (Wildman–Crippen LogP) is 2.70. The molecule has 0 saturated heterocycles. The summed E-state index contributed by atoms with van der Waals surface area (Å²) in [4.78, 5) is 45.7. The second-order valence-electron chi connectivity index (χ2n) is 9.22. The zero-order valence-corrected chi connectivity index (χ0v) is 21.0. The number of aliphatic carboxylic acids is 1. The highest BCUT2D eigenvalue weighted by molar-refractivity contribution is 6.42. The number of rotatable bonds is 12. The minimum absolute atomic E-state index is 0.0523. The minimum Gasteiger partial charge on any atom is -0.480 e. The lowest BCUT2D eigenvalue weighted by atomic mass is 10.1. The van der Waals surface area contributed by atoms with Gasteiger partial charge in [0, 0.05) is 37.9 Å². The summed E-state index contributed by atoms with van der Waals surface area (Å²) in [5, 5.41) is 18.2. The van der Waals surface area contributed by atoms with E-state index in [0.717, 1.165) is 49.3 Å². The molecule has 1 aromatic carbocycles. The van der Waals surface area contributed by atoms with Gasteiger partial charge in [0.1, 0.15) is 23.7 Å². The van der Waals surface area contributed by atoms with Crippen molar-refractivity contribution in [2.24, 2.45) is 4.99 Å². The van der Waals surface area contributed by atoms with Crippen molar-refractivity contribution in [2.45, 2.75) is 57.1 Å². The summed E-state index contributed by atoms with van der Waals surface area (Å²) in [5.41, 5.74) is 3.76. The number of pyridine rings is 1. The van der Waals surface area contributed by atoms with E-state index in [9.17, 15) is 19.5 Å². The van der Waals surface area contributed by atoms with Crippen molar-refractivity contribution in [3.05, 3.63) is 53.2 Å². The number of carbonyl (C=O) groups is 3. The number of unbranched alkanes of at least 4 members (excludes halogenated alkanes) is 1. The first-order valence-corrected chi connectivity index (χ1v) is 12.7. The summed E-state index contributed by atoms with van der Waals surface area (Å²) in [6.45, 7) is 1.08. The Labute approximate surface area is 215 Å². The number of para-hydroxylation sites is 1. The van der Waals surface area contributed by atoms with Gasteiger partial charge in [0.25, 0.3) is 5.91 Å². The van der Waals surface area contributed by atoms with Gasteiger partial charge in [-0.15, -0.1) is 0 Å². The molecule has 2 atom stereocenters. The van der Waals surface area contributed by atoms with Crippen LogP contribution in [0.2, 0.25) is 0 Å². The molecule has 1 unspecified atom stereocenters. The van der Waals surface area contributed by atoms with E-state index in [1.807, 2.05) is 12.1 Å². The van der Waals surface area contributed by atoms with Gasteiger partial charge in [-0.3, -0.25) is 9.59 Å². The zero-order valence-electron chi connectivity index (χ0n) is 21.0. The maximum absolute atomic E-state index is 12.8. The molecule has 4 N–H and O–H groups in total. The van der Waals surface area contributed by atoms with E-state index in [1.54, 1.807) is 12.1 Å². The SMILES string of the molecule is COC1C(C(=O)N[C@@H](CCNC(=O)CCCCc2ccc3c(n2)NCCC3)C(=O)O)=Nc2ccccc21. The Kier molecular flexibility index (Phi) is 8.84. The Hall–Kier alpha value is -3.79. The molecule has 2 aliphatic heterocycles. The van der Waals surface area contributed by atoms with Gasteiger partial charge < -0.3 is 25.8 Å². The summed E-state index contributed by atoms with van der Waals surface area (Å²) in [6, 6.07) is 10.2. The van der Waals surface area contributed by atoms with Gasteiger partial charge in [0.2, 0.25) is 5.91 Å². The number of aliphatic imine (C=N–C) groups is 1. The van der Waals surface area contributed by atoms with Gasteiger partial charge in [-0.1, -0.05) is 24.3 Å². The largest absolute Gasteiger partial charge is 0.480 e. The third-order valence-electron chi connectivity index (χ3n) is 6.57. The van der Waals surface area contributed by atoms with Crippen LogP contribution in [0.5, 0.6) is 0 Å². The van der Waals surface area contributed by atoms with Crippen LogP contribution in [0.4, 0.5) is 11.5 Å². The Balaban J connectivity index is 1.17. The lowest BCUT2D eigenvalue weighted by molar-refractivity contribution is -0.141. The highest BCUT2D eigenvalue weighted by Crippen LogP contribution is 2.35. The van der Waals surface area contributed by atoms with Crippen LogP contribution in [-0.2, 0) is 32.0 Å². The van der Waals surface area contributed by atoms with E-state index in [0.29, 0.717) is 18.5 Å². The molecular weight excluding hydrogens is 474 g/mol. The summed E-state index contributed by atoms with van der Waals surface area (Å²) in [6.07, 6.45) is 4.26. The van der Waals surface area contributed by atoms with Crippen LogP contribution in [0.1, 0.15) is 55.0 Å². The second kappa shape index (κ2) is 12.4. The molecule has 196 valence electrons. The number of carboxylic acid groups (broad SMARTS) is 1. The van der Waals surface area contributed by atoms with Crippen LogP contribution < -0.4 is 16.0 Å². The Morgan fingerprint density at radius 3 is 2.84 bits per heavy atom. The Morgan fingerprint density at radius 1 is 1.19 bits per heavy atom. The first-order chi connectivity index (χ1) is 18.0. The van der Waals surface area contributed by atoms with Gasteiger partial charge in [-0.2, -0.15) is 0 Å². The van der Waals surface area contributed by atoms with Gasteiger partial charge >= 0.3 is 5.97 Å². The molecule has 37 heavy (non-hydrogen) atoms. The molecule has 3 heterocycles. The molecule has 2 aromatic rings. The van der Waals surface area contributed by atoms with Gasteiger partial charge in [0.15, 0.2) is 0 Å². The van der Waals surface area contributed by atoms with Crippen molar-refractivity contribution in [3.63, 3.8) is 0 Å². The number of nitrogens with one attached hydrogen (secondary N) is 3. The molecular formula is C27H33N5O5. The molecule has 0 aliphatic carbocycles. The van der Waals surface area contributed by atoms with Crippen molar-refractivity contribution < 1.29 is 24.2 Å². The number of fused-ring (bicyclic) bond motifs is 2. The molecule has 10 nitrogen and oxygen atoms in total. The van der Waals surface area contributed by atoms with Gasteiger partial charge in [-0.25, -0.2) is 14.8 Å².